The first kappa shape index (κ1) is 20.8. The summed E-state index contributed by atoms with van der Waals surface area (Å²) in [6.45, 7) is 4.72. The van der Waals surface area contributed by atoms with Crippen LogP contribution in [0, 0.1) is 11.3 Å². The number of benzene rings is 1. The van der Waals surface area contributed by atoms with E-state index in [4.69, 9.17) is 4.74 Å². The molecule has 4 fully saturated rings. The van der Waals surface area contributed by atoms with E-state index < -0.39 is 0 Å². The summed E-state index contributed by atoms with van der Waals surface area (Å²) in [6.07, 6.45) is 8.22. The van der Waals surface area contributed by atoms with Crippen LogP contribution in [0.4, 0.5) is 0 Å². The van der Waals surface area contributed by atoms with E-state index in [1.54, 1.807) is 0 Å². The van der Waals surface area contributed by atoms with Gasteiger partial charge in [-0.05, 0) is 80.5 Å². The number of likely N-dealkylation sites (tertiary alicyclic amines) is 1. The van der Waals surface area contributed by atoms with Crippen LogP contribution in [0.2, 0.25) is 0 Å². The molecular weight excluding hydrogens is 392 g/mol. The number of carbonyl (C=O) groups is 1. The van der Waals surface area contributed by atoms with Crippen molar-refractivity contribution in [3.05, 3.63) is 35.9 Å². The number of rotatable bonds is 5. The molecule has 164 valence electrons. The van der Waals surface area contributed by atoms with E-state index in [1.165, 1.54) is 55.8 Å². The number of thioether (sulfide) groups is 1. The second-order valence-corrected chi connectivity index (χ2v) is 11.2. The molecule has 1 N–H and O–H groups in total. The Bertz CT molecular complexity index is 720. The van der Waals surface area contributed by atoms with E-state index in [-0.39, 0.29) is 11.3 Å². The van der Waals surface area contributed by atoms with Gasteiger partial charge >= 0.3 is 0 Å². The average molecular weight is 429 g/mol. The molecule has 1 aromatic carbocycles. The molecule has 1 spiro atoms. The minimum absolute atomic E-state index is 0.0274. The van der Waals surface area contributed by atoms with Crippen molar-refractivity contribution in [3.8, 4) is 0 Å². The molecule has 3 saturated heterocycles. The van der Waals surface area contributed by atoms with Crippen molar-refractivity contribution >= 4 is 17.7 Å². The predicted molar refractivity (Wildman–Crippen MR) is 123 cm³/mol. The molecule has 0 bridgehead atoms. The highest BCUT2D eigenvalue weighted by molar-refractivity contribution is 7.99. The summed E-state index contributed by atoms with van der Waals surface area (Å²) in [5, 5.41) is 3.39. The molecule has 1 aromatic rings. The van der Waals surface area contributed by atoms with E-state index in [0.29, 0.717) is 11.3 Å². The highest BCUT2D eigenvalue weighted by Gasteiger charge is 2.58. The molecule has 4 nitrogen and oxygen atoms in total. The Balaban J connectivity index is 1.16. The maximum Gasteiger partial charge on any atom is 0.223 e. The summed E-state index contributed by atoms with van der Waals surface area (Å²) in [5.41, 5.74) is 1.68. The van der Waals surface area contributed by atoms with Crippen LogP contribution in [-0.4, -0.2) is 61.2 Å². The number of nitrogens with one attached hydrogen (secondary N) is 1. The van der Waals surface area contributed by atoms with Crippen LogP contribution >= 0.6 is 11.8 Å². The normalized spacial score (nSPS) is 28.9. The smallest absolute Gasteiger partial charge is 0.223 e. The van der Waals surface area contributed by atoms with Gasteiger partial charge in [0.05, 0.1) is 0 Å². The molecule has 5 rings (SSSR count). The number of amides is 1. The summed E-state index contributed by atoms with van der Waals surface area (Å²) in [5.74, 6) is 3.20. The van der Waals surface area contributed by atoms with Gasteiger partial charge in [0.25, 0.3) is 0 Å². The lowest BCUT2D eigenvalue weighted by Gasteiger charge is -2.40. The number of nitrogens with zero attached hydrogens (tertiary/aromatic N) is 1. The summed E-state index contributed by atoms with van der Waals surface area (Å²) in [6, 6.07) is 11.5. The second kappa shape index (κ2) is 8.84. The molecule has 5 heteroatoms. The molecule has 1 aliphatic carbocycles. The molecule has 1 unspecified atom stereocenters. The monoisotopic (exact) mass is 428 g/mol. The van der Waals surface area contributed by atoms with E-state index in [2.05, 4.69) is 52.3 Å². The quantitative estimate of drug-likeness (QED) is 0.774. The molecule has 0 radical (unpaired) electrons. The summed E-state index contributed by atoms with van der Waals surface area (Å²) >= 11 is 2.11. The van der Waals surface area contributed by atoms with E-state index in [0.717, 1.165) is 45.1 Å². The molecule has 3 aliphatic heterocycles. The van der Waals surface area contributed by atoms with Gasteiger partial charge in [0.15, 0.2) is 0 Å². The molecule has 1 atom stereocenters. The summed E-state index contributed by atoms with van der Waals surface area (Å²) < 4.78 is 5.64. The first-order chi connectivity index (χ1) is 14.7. The number of piperidine rings is 1. The topological polar surface area (TPSA) is 41.6 Å². The van der Waals surface area contributed by atoms with Gasteiger partial charge in [-0.1, -0.05) is 30.3 Å². The van der Waals surface area contributed by atoms with Gasteiger partial charge in [-0.15, -0.1) is 0 Å². The third-order valence-electron chi connectivity index (χ3n) is 8.44. The van der Waals surface area contributed by atoms with Crippen molar-refractivity contribution in [3.63, 3.8) is 0 Å². The highest BCUT2D eigenvalue weighted by atomic mass is 32.2. The molecule has 1 saturated carbocycles. The predicted octanol–water partition coefficient (Wildman–Crippen LogP) is 3.85. The van der Waals surface area contributed by atoms with Crippen LogP contribution in [-0.2, 0) is 14.9 Å². The van der Waals surface area contributed by atoms with Crippen molar-refractivity contribution in [1.82, 2.24) is 10.2 Å². The van der Waals surface area contributed by atoms with Gasteiger partial charge in [-0.3, -0.25) is 4.79 Å². The van der Waals surface area contributed by atoms with Crippen molar-refractivity contribution in [1.29, 1.82) is 0 Å². The summed E-state index contributed by atoms with van der Waals surface area (Å²) in [4.78, 5) is 15.8. The molecule has 3 heterocycles. The van der Waals surface area contributed by atoms with Crippen molar-refractivity contribution in [2.75, 3.05) is 44.4 Å². The summed E-state index contributed by atoms with van der Waals surface area (Å²) in [7, 11) is 0. The number of ether oxygens (including phenoxy) is 1. The van der Waals surface area contributed by atoms with Gasteiger partial charge in [-0.2, -0.15) is 11.8 Å². The molecule has 1 amide bonds. The number of hydrogen-bond acceptors (Lipinski definition) is 4. The highest BCUT2D eigenvalue weighted by Crippen LogP contribution is 2.59. The van der Waals surface area contributed by atoms with Crippen molar-refractivity contribution in [2.45, 2.75) is 56.4 Å². The van der Waals surface area contributed by atoms with Gasteiger partial charge in [-0.25, -0.2) is 0 Å². The van der Waals surface area contributed by atoms with E-state index in [1.807, 2.05) is 0 Å². The standard InChI is InChI=1S/C25H36N2O2S/c28-23(26-19-25(10-14-29-15-11-25)20-4-2-1-3-5-20)22-18-24(22)8-12-27(13-9-24)21-6-16-30-17-7-21/h1-5,21-22H,6-19H2,(H,26,28). The minimum atomic E-state index is 0.0274. The van der Waals surface area contributed by atoms with Gasteiger partial charge in [0.1, 0.15) is 0 Å². The lowest BCUT2D eigenvalue weighted by molar-refractivity contribution is -0.124. The minimum Gasteiger partial charge on any atom is -0.381 e. The third kappa shape index (κ3) is 4.18. The third-order valence-corrected chi connectivity index (χ3v) is 9.49. The van der Waals surface area contributed by atoms with Crippen LogP contribution in [0.15, 0.2) is 30.3 Å². The van der Waals surface area contributed by atoms with Crippen molar-refractivity contribution < 1.29 is 9.53 Å². The van der Waals surface area contributed by atoms with Crippen LogP contribution in [0.3, 0.4) is 0 Å². The van der Waals surface area contributed by atoms with Gasteiger partial charge < -0.3 is 15.0 Å². The zero-order chi connectivity index (χ0) is 20.4. The number of carbonyl (C=O) groups excluding carboxylic acids is 1. The fraction of sp³-hybridized carbons (Fsp3) is 0.720. The zero-order valence-electron chi connectivity index (χ0n) is 18.1. The molecule has 0 aromatic heterocycles. The largest absolute Gasteiger partial charge is 0.381 e. The Morgan fingerprint density at radius 2 is 1.77 bits per heavy atom. The van der Waals surface area contributed by atoms with Crippen molar-refractivity contribution in [2.24, 2.45) is 11.3 Å². The van der Waals surface area contributed by atoms with Crippen LogP contribution < -0.4 is 5.32 Å². The van der Waals surface area contributed by atoms with Gasteiger partial charge in [0.2, 0.25) is 5.91 Å². The maximum atomic E-state index is 13.1. The maximum absolute atomic E-state index is 13.1. The van der Waals surface area contributed by atoms with E-state index in [9.17, 15) is 4.79 Å². The van der Waals surface area contributed by atoms with Crippen LogP contribution in [0.25, 0.3) is 0 Å². The zero-order valence-corrected chi connectivity index (χ0v) is 18.9. The number of hydrogen-bond donors (Lipinski definition) is 1. The average Bonchev–Trinajstić information content (AvgIpc) is 3.53. The molecular formula is C25H36N2O2S. The Morgan fingerprint density at radius 1 is 1.07 bits per heavy atom. The van der Waals surface area contributed by atoms with E-state index >= 15 is 0 Å². The molecule has 4 aliphatic rings. The fourth-order valence-electron chi connectivity index (χ4n) is 6.16. The van der Waals surface area contributed by atoms with Gasteiger partial charge in [0, 0.05) is 37.1 Å². The Morgan fingerprint density at radius 3 is 2.47 bits per heavy atom. The van der Waals surface area contributed by atoms with Crippen LogP contribution in [0.5, 0.6) is 0 Å². The first-order valence-electron chi connectivity index (χ1n) is 11.9. The molecule has 30 heavy (non-hydrogen) atoms. The second-order valence-electron chi connectivity index (χ2n) is 9.98. The Hall–Kier alpha value is -1.04. The lowest BCUT2D eigenvalue weighted by atomic mass is 9.74. The van der Waals surface area contributed by atoms with Crippen LogP contribution in [0.1, 0.15) is 50.5 Å². The Kier molecular flexibility index (Phi) is 6.14. The SMILES string of the molecule is O=C(NCC1(c2ccccc2)CCOCC1)C1CC12CCN(C1CCSCC1)CC2. The first-order valence-corrected chi connectivity index (χ1v) is 13.1. The Labute approximate surface area is 185 Å². The fourth-order valence-corrected chi connectivity index (χ4v) is 7.24. The lowest BCUT2D eigenvalue weighted by Crippen LogP contribution is -2.46.